The summed E-state index contributed by atoms with van der Waals surface area (Å²) in [5.41, 5.74) is 1.79. The van der Waals surface area contributed by atoms with Crippen molar-refractivity contribution in [3.63, 3.8) is 0 Å². The molecule has 3 amide bonds. The van der Waals surface area contributed by atoms with Gasteiger partial charge < -0.3 is 9.64 Å². The van der Waals surface area contributed by atoms with Crippen LogP contribution in [0.1, 0.15) is 69.9 Å². The van der Waals surface area contributed by atoms with Crippen LogP contribution in [0.2, 0.25) is 0 Å². The summed E-state index contributed by atoms with van der Waals surface area (Å²) < 4.78 is 5.46. The molecule has 1 atom stereocenters. The number of benzene rings is 1. The molecule has 6 nitrogen and oxygen atoms in total. The zero-order valence-electron chi connectivity index (χ0n) is 17.7. The third-order valence-corrected chi connectivity index (χ3v) is 5.73. The van der Waals surface area contributed by atoms with Crippen LogP contribution in [0.15, 0.2) is 24.3 Å². The lowest BCUT2D eigenvalue weighted by Crippen LogP contribution is -2.41. The van der Waals surface area contributed by atoms with E-state index in [1.807, 2.05) is 37.8 Å². The number of rotatable bonds is 4. The number of ether oxygens (including phenoxy) is 1. The predicted octanol–water partition coefficient (Wildman–Crippen LogP) is 3.79. The summed E-state index contributed by atoms with van der Waals surface area (Å²) in [6.07, 6.45) is 4.88. The molecule has 2 heterocycles. The second kappa shape index (κ2) is 8.97. The maximum absolute atomic E-state index is 12.2. The molecule has 6 heteroatoms. The molecule has 158 valence electrons. The van der Waals surface area contributed by atoms with E-state index in [-0.39, 0.29) is 23.8 Å². The Morgan fingerprint density at radius 3 is 2.34 bits per heavy atom. The Kier molecular flexibility index (Phi) is 6.60. The second-order valence-electron chi connectivity index (χ2n) is 9.19. The molecule has 1 unspecified atom stereocenters. The summed E-state index contributed by atoms with van der Waals surface area (Å²) in [5.74, 6) is 0.0220. The van der Waals surface area contributed by atoms with Gasteiger partial charge in [0.2, 0.25) is 11.8 Å². The number of likely N-dealkylation sites (tertiary alicyclic amines) is 1. The highest BCUT2D eigenvalue weighted by Crippen LogP contribution is 2.27. The minimum atomic E-state index is -0.450. The fourth-order valence-corrected chi connectivity index (χ4v) is 4.03. The molecule has 3 rings (SSSR count). The molecule has 0 bridgehead atoms. The van der Waals surface area contributed by atoms with Gasteiger partial charge in [0.25, 0.3) is 0 Å². The maximum Gasteiger partial charge on any atom is 0.410 e. The number of carbonyl (C=O) groups excluding carboxylic acids is 3. The van der Waals surface area contributed by atoms with E-state index < -0.39 is 5.60 Å². The summed E-state index contributed by atoms with van der Waals surface area (Å²) in [7, 11) is 0. The van der Waals surface area contributed by atoms with Gasteiger partial charge in [-0.2, -0.15) is 0 Å². The van der Waals surface area contributed by atoms with Crippen molar-refractivity contribution in [2.45, 2.75) is 70.8 Å². The molecule has 1 aromatic rings. The Morgan fingerprint density at radius 1 is 1.10 bits per heavy atom. The number of hydrogen-bond acceptors (Lipinski definition) is 4. The molecule has 0 aromatic heterocycles. The Bertz CT molecular complexity index is 743. The van der Waals surface area contributed by atoms with Crippen LogP contribution >= 0.6 is 0 Å². The highest BCUT2D eigenvalue weighted by Gasteiger charge is 2.28. The van der Waals surface area contributed by atoms with Crippen LogP contribution in [0.3, 0.4) is 0 Å². The number of amides is 3. The lowest BCUT2D eigenvalue weighted by molar-refractivity contribution is -0.134. The molecule has 1 N–H and O–H groups in total. The average molecular weight is 401 g/mol. The van der Waals surface area contributed by atoms with Gasteiger partial charge in [-0.05, 0) is 69.9 Å². The molecule has 2 aliphatic rings. The largest absolute Gasteiger partial charge is 0.444 e. The first-order valence-electron chi connectivity index (χ1n) is 10.6. The highest BCUT2D eigenvalue weighted by atomic mass is 16.6. The first kappa shape index (κ1) is 21.3. The van der Waals surface area contributed by atoms with Gasteiger partial charge in [0.1, 0.15) is 5.60 Å². The predicted molar refractivity (Wildman–Crippen MR) is 110 cm³/mol. The smallest absolute Gasteiger partial charge is 0.410 e. The molecule has 0 aliphatic carbocycles. The zero-order valence-corrected chi connectivity index (χ0v) is 17.7. The summed E-state index contributed by atoms with van der Waals surface area (Å²) >= 11 is 0. The Labute approximate surface area is 173 Å². The summed E-state index contributed by atoms with van der Waals surface area (Å²) in [6, 6.07) is 8.21. The quantitative estimate of drug-likeness (QED) is 0.781. The number of hydrogen-bond donors (Lipinski definition) is 1. The minimum absolute atomic E-state index is 0.180. The summed E-state index contributed by atoms with van der Waals surface area (Å²) in [6.45, 7) is 7.19. The van der Waals surface area contributed by atoms with E-state index in [1.165, 1.54) is 5.56 Å². The normalized spacial score (nSPS) is 21.1. The van der Waals surface area contributed by atoms with E-state index in [1.54, 1.807) is 0 Å². The SMILES string of the molecule is CC(C)(C)OC(=O)N1CCC(CCc2ccc(C3CCC(=O)NC3=O)cc2)CC1. The summed E-state index contributed by atoms with van der Waals surface area (Å²) in [4.78, 5) is 37.3. The van der Waals surface area contributed by atoms with Crippen molar-refractivity contribution in [2.75, 3.05) is 13.1 Å². The van der Waals surface area contributed by atoms with E-state index >= 15 is 0 Å². The fourth-order valence-electron chi connectivity index (χ4n) is 4.03. The molecule has 1 aromatic carbocycles. The van der Waals surface area contributed by atoms with Crippen LogP contribution in [0.5, 0.6) is 0 Å². The van der Waals surface area contributed by atoms with E-state index in [0.717, 1.165) is 44.3 Å². The van der Waals surface area contributed by atoms with Crippen molar-refractivity contribution in [1.82, 2.24) is 10.2 Å². The van der Waals surface area contributed by atoms with Crippen molar-refractivity contribution in [2.24, 2.45) is 5.92 Å². The molecular weight excluding hydrogens is 368 g/mol. The number of carbonyl (C=O) groups is 3. The van der Waals surface area contributed by atoms with Crippen LogP contribution in [-0.4, -0.2) is 41.5 Å². The van der Waals surface area contributed by atoms with Crippen LogP contribution in [-0.2, 0) is 20.7 Å². The number of aryl methyl sites for hydroxylation is 1. The number of imide groups is 1. The molecule has 0 spiro atoms. The fraction of sp³-hybridized carbons (Fsp3) is 0.609. The standard InChI is InChI=1S/C23H32N2O4/c1-23(2,3)29-22(28)25-14-12-17(13-15-25)5-4-16-6-8-18(9-7-16)19-10-11-20(26)24-21(19)27/h6-9,17,19H,4-5,10-15H2,1-3H3,(H,24,26,27). The van der Waals surface area contributed by atoms with E-state index in [0.29, 0.717) is 18.8 Å². The molecule has 0 radical (unpaired) electrons. The maximum atomic E-state index is 12.2. The van der Waals surface area contributed by atoms with Crippen LogP contribution in [0.4, 0.5) is 4.79 Å². The van der Waals surface area contributed by atoms with Gasteiger partial charge in [-0.1, -0.05) is 24.3 Å². The molecule has 0 saturated carbocycles. The first-order valence-corrected chi connectivity index (χ1v) is 10.6. The Balaban J connectivity index is 1.44. The van der Waals surface area contributed by atoms with Crippen LogP contribution in [0, 0.1) is 5.92 Å². The van der Waals surface area contributed by atoms with Crippen molar-refractivity contribution in [3.8, 4) is 0 Å². The van der Waals surface area contributed by atoms with Gasteiger partial charge in [0.15, 0.2) is 0 Å². The second-order valence-corrected chi connectivity index (χ2v) is 9.19. The lowest BCUT2D eigenvalue weighted by atomic mass is 9.88. The van der Waals surface area contributed by atoms with E-state index in [4.69, 9.17) is 4.74 Å². The zero-order chi connectivity index (χ0) is 21.0. The third-order valence-electron chi connectivity index (χ3n) is 5.73. The first-order chi connectivity index (χ1) is 13.7. The van der Waals surface area contributed by atoms with Crippen molar-refractivity contribution >= 4 is 17.9 Å². The Morgan fingerprint density at radius 2 is 1.76 bits per heavy atom. The molecule has 2 aliphatic heterocycles. The average Bonchev–Trinajstić information content (AvgIpc) is 2.66. The van der Waals surface area contributed by atoms with Gasteiger partial charge in [-0.3, -0.25) is 14.9 Å². The molecule has 2 fully saturated rings. The summed E-state index contributed by atoms with van der Waals surface area (Å²) in [5, 5.41) is 2.42. The van der Waals surface area contributed by atoms with Crippen LogP contribution < -0.4 is 5.32 Å². The van der Waals surface area contributed by atoms with Gasteiger partial charge in [0.05, 0.1) is 5.92 Å². The van der Waals surface area contributed by atoms with Gasteiger partial charge in [0, 0.05) is 19.5 Å². The number of nitrogens with one attached hydrogen (secondary N) is 1. The van der Waals surface area contributed by atoms with E-state index in [9.17, 15) is 14.4 Å². The highest BCUT2D eigenvalue weighted by molar-refractivity contribution is 6.00. The van der Waals surface area contributed by atoms with Gasteiger partial charge in [-0.15, -0.1) is 0 Å². The minimum Gasteiger partial charge on any atom is -0.444 e. The lowest BCUT2D eigenvalue weighted by Gasteiger charge is -2.33. The van der Waals surface area contributed by atoms with Crippen molar-refractivity contribution in [1.29, 1.82) is 0 Å². The van der Waals surface area contributed by atoms with Gasteiger partial charge >= 0.3 is 6.09 Å². The Hall–Kier alpha value is -2.37. The molecule has 29 heavy (non-hydrogen) atoms. The molecule has 2 saturated heterocycles. The topological polar surface area (TPSA) is 75.7 Å². The number of piperidine rings is 2. The van der Waals surface area contributed by atoms with E-state index in [2.05, 4.69) is 17.4 Å². The monoisotopic (exact) mass is 400 g/mol. The third kappa shape index (κ3) is 6.05. The van der Waals surface area contributed by atoms with Crippen LogP contribution in [0.25, 0.3) is 0 Å². The van der Waals surface area contributed by atoms with Crippen molar-refractivity contribution in [3.05, 3.63) is 35.4 Å². The molecular formula is C23H32N2O4. The van der Waals surface area contributed by atoms with Crippen molar-refractivity contribution < 1.29 is 19.1 Å². The van der Waals surface area contributed by atoms with Gasteiger partial charge in [-0.25, -0.2) is 4.79 Å². The number of nitrogens with zero attached hydrogens (tertiary/aromatic N) is 1.